The first-order chi connectivity index (χ1) is 14.1. The minimum Gasteiger partial charge on any atom is -0.491 e. The fourth-order valence-electron chi connectivity index (χ4n) is 2.90. The molecule has 4 rings (SSSR count). The zero-order valence-electron chi connectivity index (χ0n) is 15.5. The van der Waals surface area contributed by atoms with Crippen LogP contribution in [0.25, 0.3) is 11.4 Å². The van der Waals surface area contributed by atoms with Gasteiger partial charge in [-0.2, -0.15) is 0 Å². The van der Waals surface area contributed by atoms with E-state index < -0.39 is 5.82 Å². The Bertz CT molecular complexity index is 1070. The number of rotatable bonds is 5. The number of likely N-dealkylation sites (tertiary alicyclic amines) is 1. The number of halogens is 2. The number of anilines is 2. The van der Waals surface area contributed by atoms with E-state index in [1.807, 2.05) is 0 Å². The maximum Gasteiger partial charge on any atom is 0.257 e. The van der Waals surface area contributed by atoms with Gasteiger partial charge in [0.05, 0.1) is 30.1 Å². The summed E-state index contributed by atoms with van der Waals surface area (Å²) in [5, 5.41) is 3.47. The predicted octanol–water partition coefficient (Wildman–Crippen LogP) is 3.93. The van der Waals surface area contributed by atoms with E-state index in [4.69, 9.17) is 16.3 Å². The second-order valence-electron chi connectivity index (χ2n) is 6.43. The van der Waals surface area contributed by atoms with Gasteiger partial charge in [0.2, 0.25) is 0 Å². The van der Waals surface area contributed by atoms with Crippen LogP contribution in [-0.4, -0.2) is 46.0 Å². The van der Waals surface area contributed by atoms with Crippen LogP contribution < -0.4 is 10.1 Å². The molecule has 3 heterocycles. The van der Waals surface area contributed by atoms with Gasteiger partial charge in [-0.15, -0.1) is 0 Å². The van der Waals surface area contributed by atoms with Gasteiger partial charge in [-0.05, 0) is 30.7 Å². The van der Waals surface area contributed by atoms with Crippen LogP contribution in [0.4, 0.5) is 15.9 Å². The van der Waals surface area contributed by atoms with Crippen molar-refractivity contribution in [3.8, 4) is 17.1 Å². The van der Waals surface area contributed by atoms with Crippen LogP contribution in [0.15, 0.2) is 42.9 Å². The van der Waals surface area contributed by atoms with Crippen molar-refractivity contribution in [3.05, 3.63) is 59.3 Å². The van der Waals surface area contributed by atoms with Gasteiger partial charge in [-0.3, -0.25) is 9.78 Å². The van der Waals surface area contributed by atoms with Crippen molar-refractivity contribution in [1.82, 2.24) is 19.9 Å². The Morgan fingerprint density at radius 1 is 1.28 bits per heavy atom. The van der Waals surface area contributed by atoms with Crippen molar-refractivity contribution in [2.45, 2.75) is 6.42 Å². The van der Waals surface area contributed by atoms with Crippen LogP contribution in [-0.2, 0) is 0 Å². The summed E-state index contributed by atoms with van der Waals surface area (Å²) in [5.41, 5.74) is 1.10. The maximum absolute atomic E-state index is 14.3. The second-order valence-corrected chi connectivity index (χ2v) is 6.86. The molecule has 1 aliphatic heterocycles. The Morgan fingerprint density at radius 3 is 2.83 bits per heavy atom. The van der Waals surface area contributed by atoms with E-state index >= 15 is 0 Å². The lowest BCUT2D eigenvalue weighted by Crippen LogP contribution is -2.42. The Kier molecular flexibility index (Phi) is 5.26. The first-order valence-electron chi connectivity index (χ1n) is 8.93. The van der Waals surface area contributed by atoms with Gasteiger partial charge in [-0.1, -0.05) is 11.6 Å². The highest BCUT2D eigenvalue weighted by Crippen LogP contribution is 2.31. The summed E-state index contributed by atoms with van der Waals surface area (Å²) in [7, 11) is 1.47. The first kappa shape index (κ1) is 19.1. The largest absolute Gasteiger partial charge is 0.491 e. The average Bonchev–Trinajstić information content (AvgIpc) is 2.69. The predicted molar refractivity (Wildman–Crippen MR) is 107 cm³/mol. The fraction of sp³-hybridized carbons (Fsp3) is 0.200. The van der Waals surface area contributed by atoms with E-state index in [9.17, 15) is 9.18 Å². The molecule has 3 aromatic rings. The molecule has 0 bridgehead atoms. The molecular weight excluding hydrogens is 397 g/mol. The Labute approximate surface area is 171 Å². The molecule has 0 unspecified atom stereocenters. The van der Waals surface area contributed by atoms with Crippen molar-refractivity contribution in [2.75, 3.05) is 25.5 Å². The quantitative estimate of drug-likeness (QED) is 0.682. The summed E-state index contributed by atoms with van der Waals surface area (Å²) in [4.78, 5) is 27.1. The summed E-state index contributed by atoms with van der Waals surface area (Å²) in [6.45, 7) is 1.45. The van der Waals surface area contributed by atoms with Crippen molar-refractivity contribution < 1.29 is 13.9 Å². The molecule has 0 aliphatic carbocycles. The zero-order valence-corrected chi connectivity index (χ0v) is 16.3. The molecule has 7 nitrogen and oxygen atoms in total. The molecular formula is C20H17ClFN5O2. The Balaban J connectivity index is 1.72. The molecule has 0 radical (unpaired) electrons. The minimum atomic E-state index is -0.497. The van der Waals surface area contributed by atoms with Crippen molar-refractivity contribution in [1.29, 1.82) is 0 Å². The maximum atomic E-state index is 14.3. The number of nitrogens with zero attached hydrogens (tertiary/aromatic N) is 4. The van der Waals surface area contributed by atoms with E-state index in [0.29, 0.717) is 27.8 Å². The van der Waals surface area contributed by atoms with Crippen LogP contribution in [0.2, 0.25) is 5.02 Å². The molecule has 1 aliphatic rings. The topological polar surface area (TPSA) is 80.2 Å². The molecule has 1 fully saturated rings. The van der Waals surface area contributed by atoms with Crippen molar-refractivity contribution in [3.63, 3.8) is 0 Å². The number of hydrogen-bond donors (Lipinski definition) is 1. The van der Waals surface area contributed by atoms with Gasteiger partial charge in [-0.25, -0.2) is 14.4 Å². The van der Waals surface area contributed by atoms with Gasteiger partial charge >= 0.3 is 0 Å². The molecule has 1 aromatic carbocycles. The van der Waals surface area contributed by atoms with Crippen molar-refractivity contribution in [2.24, 2.45) is 0 Å². The van der Waals surface area contributed by atoms with E-state index in [0.717, 1.165) is 19.5 Å². The summed E-state index contributed by atoms with van der Waals surface area (Å²) in [6, 6.07) is 5.83. The van der Waals surface area contributed by atoms with Crippen LogP contribution in [0, 0.1) is 5.82 Å². The molecule has 1 N–H and O–H groups in total. The first-order valence-corrected chi connectivity index (χ1v) is 9.31. The fourth-order valence-corrected chi connectivity index (χ4v) is 3.07. The lowest BCUT2D eigenvalue weighted by molar-refractivity contribution is 0.0652. The molecule has 1 amide bonds. The lowest BCUT2D eigenvalue weighted by Gasteiger charge is -2.31. The number of carbonyl (C=O) groups is 1. The van der Waals surface area contributed by atoms with E-state index in [-0.39, 0.29) is 17.3 Å². The molecule has 0 atom stereocenters. The summed E-state index contributed by atoms with van der Waals surface area (Å²) in [5.74, 6) is 0.165. The van der Waals surface area contributed by atoms with Gasteiger partial charge in [0, 0.05) is 30.5 Å². The number of hydrogen-bond acceptors (Lipinski definition) is 6. The smallest absolute Gasteiger partial charge is 0.257 e. The number of amides is 1. The zero-order chi connectivity index (χ0) is 20.4. The molecule has 9 heteroatoms. The van der Waals surface area contributed by atoms with Gasteiger partial charge in [0.15, 0.2) is 17.4 Å². The monoisotopic (exact) mass is 413 g/mol. The molecule has 0 saturated carbocycles. The molecule has 2 aromatic heterocycles. The Hall–Kier alpha value is -3.26. The highest BCUT2D eigenvalue weighted by molar-refractivity contribution is 6.30. The summed E-state index contributed by atoms with van der Waals surface area (Å²) >= 11 is 5.99. The summed E-state index contributed by atoms with van der Waals surface area (Å²) < 4.78 is 19.6. The number of ether oxygens (including phenoxy) is 1. The molecule has 0 spiro atoms. The lowest BCUT2D eigenvalue weighted by atomic mass is 10.1. The number of aromatic nitrogens is 3. The SMILES string of the molecule is COc1cnc(-c2cc(Cl)ccc2F)nc1Nc1ccncc1C(=O)N1CCC1. The second kappa shape index (κ2) is 8.00. The molecule has 148 valence electrons. The van der Waals surface area contributed by atoms with E-state index in [1.165, 1.54) is 37.7 Å². The van der Waals surface area contributed by atoms with Gasteiger partial charge in [0.1, 0.15) is 5.82 Å². The third-order valence-corrected chi connectivity index (χ3v) is 4.83. The highest BCUT2D eigenvalue weighted by atomic mass is 35.5. The average molecular weight is 414 g/mol. The van der Waals surface area contributed by atoms with Crippen LogP contribution in [0.5, 0.6) is 5.75 Å². The molecule has 29 heavy (non-hydrogen) atoms. The third-order valence-electron chi connectivity index (χ3n) is 4.59. The summed E-state index contributed by atoms with van der Waals surface area (Å²) in [6.07, 6.45) is 5.50. The number of methoxy groups -OCH3 is 1. The van der Waals surface area contributed by atoms with E-state index in [1.54, 1.807) is 17.2 Å². The van der Waals surface area contributed by atoms with Crippen molar-refractivity contribution >= 4 is 29.0 Å². The highest BCUT2D eigenvalue weighted by Gasteiger charge is 2.24. The number of benzene rings is 1. The van der Waals surface area contributed by atoms with Gasteiger partial charge in [0.25, 0.3) is 5.91 Å². The third kappa shape index (κ3) is 3.84. The Morgan fingerprint density at radius 2 is 2.10 bits per heavy atom. The number of carbonyl (C=O) groups excluding carboxylic acids is 1. The minimum absolute atomic E-state index is 0.110. The van der Waals surface area contributed by atoms with Gasteiger partial charge < -0.3 is 15.0 Å². The van der Waals surface area contributed by atoms with E-state index in [2.05, 4.69) is 20.3 Å². The molecule has 1 saturated heterocycles. The normalized spacial score (nSPS) is 13.0. The van der Waals surface area contributed by atoms with Crippen LogP contribution >= 0.6 is 11.6 Å². The number of nitrogens with one attached hydrogen (secondary N) is 1. The van der Waals surface area contributed by atoms with Crippen LogP contribution in [0.3, 0.4) is 0 Å². The van der Waals surface area contributed by atoms with Crippen LogP contribution in [0.1, 0.15) is 16.8 Å². The number of pyridine rings is 1. The standard InChI is InChI=1S/C20H17ClFN5O2/c1-29-17-11-24-18(13-9-12(21)3-4-15(13)22)26-19(17)25-16-5-6-23-10-14(16)20(28)27-7-2-8-27/h3-6,9-11H,2,7-8H2,1H3,(H,23,24,25,26).